The zero-order valence-corrected chi connectivity index (χ0v) is 11.2. The molecule has 0 bridgehead atoms. The quantitative estimate of drug-likeness (QED) is 0.616. The van der Waals surface area contributed by atoms with Gasteiger partial charge < -0.3 is 24.6 Å². The van der Waals surface area contributed by atoms with Crippen molar-refractivity contribution in [2.45, 2.75) is 18.2 Å². The fourth-order valence-corrected chi connectivity index (χ4v) is 2.39. The molecule has 3 atom stereocenters. The fourth-order valence-electron chi connectivity index (χ4n) is 2.39. The number of ether oxygens (including phenoxy) is 3. The van der Waals surface area contributed by atoms with Crippen LogP contribution in [0.3, 0.4) is 0 Å². The second-order valence-electron chi connectivity index (χ2n) is 4.88. The SMILES string of the molecule is COCC(=O)NC1COC(CN2CCOCC2)C1O. The summed E-state index contributed by atoms with van der Waals surface area (Å²) in [7, 11) is 1.46. The first kappa shape index (κ1) is 14.7. The zero-order chi connectivity index (χ0) is 13.7. The molecule has 2 rings (SSSR count). The van der Waals surface area contributed by atoms with E-state index in [-0.39, 0.29) is 24.7 Å². The van der Waals surface area contributed by atoms with Crippen molar-refractivity contribution >= 4 is 5.91 Å². The molecule has 0 spiro atoms. The highest BCUT2D eigenvalue weighted by atomic mass is 16.5. The van der Waals surface area contributed by atoms with Gasteiger partial charge in [0.05, 0.1) is 32.0 Å². The molecule has 0 aromatic rings. The lowest BCUT2D eigenvalue weighted by atomic mass is 10.1. The van der Waals surface area contributed by atoms with Gasteiger partial charge in [-0.15, -0.1) is 0 Å². The third kappa shape index (κ3) is 4.12. The highest BCUT2D eigenvalue weighted by molar-refractivity contribution is 5.77. The Hall–Kier alpha value is -0.730. The lowest BCUT2D eigenvalue weighted by Crippen LogP contribution is -2.49. The minimum absolute atomic E-state index is 0.00263. The largest absolute Gasteiger partial charge is 0.388 e. The third-order valence-corrected chi connectivity index (χ3v) is 3.45. The molecular weight excluding hydrogens is 252 g/mol. The van der Waals surface area contributed by atoms with Gasteiger partial charge in [0.1, 0.15) is 12.7 Å². The normalized spacial score (nSPS) is 32.4. The van der Waals surface area contributed by atoms with Gasteiger partial charge in [0.25, 0.3) is 0 Å². The van der Waals surface area contributed by atoms with E-state index >= 15 is 0 Å². The summed E-state index contributed by atoms with van der Waals surface area (Å²) >= 11 is 0. The first-order valence-corrected chi connectivity index (χ1v) is 6.59. The van der Waals surface area contributed by atoms with Gasteiger partial charge in [-0.25, -0.2) is 0 Å². The van der Waals surface area contributed by atoms with Crippen LogP contribution in [-0.2, 0) is 19.0 Å². The van der Waals surface area contributed by atoms with Crippen LogP contribution in [0.1, 0.15) is 0 Å². The average Bonchev–Trinajstić information content (AvgIpc) is 2.73. The Labute approximate surface area is 112 Å². The molecule has 2 heterocycles. The second kappa shape index (κ2) is 7.16. The number of rotatable bonds is 5. The molecule has 1 amide bonds. The molecule has 2 aliphatic rings. The summed E-state index contributed by atoms with van der Waals surface area (Å²) in [4.78, 5) is 13.6. The number of hydrogen-bond acceptors (Lipinski definition) is 6. The number of aliphatic hydroxyl groups excluding tert-OH is 1. The lowest BCUT2D eigenvalue weighted by molar-refractivity contribution is -0.126. The number of nitrogens with one attached hydrogen (secondary N) is 1. The van der Waals surface area contributed by atoms with Gasteiger partial charge in [-0.1, -0.05) is 0 Å². The molecule has 2 aliphatic heterocycles. The van der Waals surface area contributed by atoms with Crippen molar-refractivity contribution in [2.24, 2.45) is 0 Å². The van der Waals surface area contributed by atoms with Crippen LogP contribution in [0.5, 0.6) is 0 Å². The maximum Gasteiger partial charge on any atom is 0.246 e. The van der Waals surface area contributed by atoms with E-state index in [1.807, 2.05) is 0 Å². The Kier molecular flexibility index (Phi) is 5.53. The third-order valence-electron chi connectivity index (χ3n) is 3.45. The molecule has 7 nitrogen and oxygen atoms in total. The monoisotopic (exact) mass is 274 g/mol. The number of aliphatic hydroxyl groups is 1. The van der Waals surface area contributed by atoms with Crippen molar-refractivity contribution in [3.63, 3.8) is 0 Å². The fraction of sp³-hybridized carbons (Fsp3) is 0.917. The predicted octanol–water partition coefficient (Wildman–Crippen LogP) is -1.79. The second-order valence-corrected chi connectivity index (χ2v) is 4.88. The number of carbonyl (C=O) groups is 1. The van der Waals surface area contributed by atoms with E-state index in [4.69, 9.17) is 14.2 Å². The molecule has 110 valence electrons. The van der Waals surface area contributed by atoms with Crippen LogP contribution in [0.2, 0.25) is 0 Å². The number of hydrogen-bond donors (Lipinski definition) is 2. The summed E-state index contributed by atoms with van der Waals surface area (Å²) in [5.41, 5.74) is 0. The summed E-state index contributed by atoms with van der Waals surface area (Å²) < 4.78 is 15.6. The predicted molar refractivity (Wildman–Crippen MR) is 66.8 cm³/mol. The van der Waals surface area contributed by atoms with E-state index in [9.17, 15) is 9.90 Å². The van der Waals surface area contributed by atoms with Crippen LogP contribution in [0, 0.1) is 0 Å². The van der Waals surface area contributed by atoms with E-state index in [0.29, 0.717) is 13.2 Å². The van der Waals surface area contributed by atoms with Crippen LogP contribution in [-0.4, -0.2) is 87.3 Å². The van der Waals surface area contributed by atoms with E-state index < -0.39 is 6.10 Å². The Bertz CT molecular complexity index is 296. The highest BCUT2D eigenvalue weighted by Gasteiger charge is 2.37. The van der Waals surface area contributed by atoms with Gasteiger partial charge in [-0.3, -0.25) is 9.69 Å². The van der Waals surface area contributed by atoms with E-state index in [0.717, 1.165) is 26.3 Å². The van der Waals surface area contributed by atoms with Crippen molar-refractivity contribution in [1.82, 2.24) is 10.2 Å². The van der Waals surface area contributed by atoms with Crippen molar-refractivity contribution in [3.8, 4) is 0 Å². The van der Waals surface area contributed by atoms with Crippen molar-refractivity contribution in [1.29, 1.82) is 0 Å². The van der Waals surface area contributed by atoms with Crippen LogP contribution in [0.25, 0.3) is 0 Å². The van der Waals surface area contributed by atoms with Crippen LogP contribution in [0.4, 0.5) is 0 Å². The lowest BCUT2D eigenvalue weighted by Gasteiger charge is -2.29. The van der Waals surface area contributed by atoms with Gasteiger partial charge in [-0.2, -0.15) is 0 Å². The average molecular weight is 274 g/mol. The number of morpholine rings is 1. The molecule has 0 saturated carbocycles. The number of nitrogens with zero attached hydrogens (tertiary/aromatic N) is 1. The van der Waals surface area contributed by atoms with Crippen LogP contribution < -0.4 is 5.32 Å². The standard InChI is InChI=1S/C12H22N2O5/c1-17-8-11(15)13-9-7-19-10(12(9)16)6-14-2-4-18-5-3-14/h9-10,12,16H,2-8H2,1H3,(H,13,15). The van der Waals surface area contributed by atoms with E-state index in [1.165, 1.54) is 7.11 Å². The summed E-state index contributed by atoms with van der Waals surface area (Å²) in [6.07, 6.45) is -0.936. The zero-order valence-electron chi connectivity index (χ0n) is 11.2. The van der Waals surface area contributed by atoms with Gasteiger partial charge in [0, 0.05) is 26.7 Å². The molecule has 19 heavy (non-hydrogen) atoms. The van der Waals surface area contributed by atoms with E-state index in [2.05, 4.69) is 10.2 Å². The smallest absolute Gasteiger partial charge is 0.246 e. The van der Waals surface area contributed by atoms with Crippen LogP contribution >= 0.6 is 0 Å². The summed E-state index contributed by atoms with van der Waals surface area (Å²) in [5, 5.41) is 12.9. The molecular formula is C12H22N2O5. The molecule has 2 fully saturated rings. The number of methoxy groups -OCH3 is 1. The Morgan fingerprint density at radius 3 is 2.89 bits per heavy atom. The molecule has 0 aromatic heterocycles. The minimum atomic E-state index is -0.677. The summed E-state index contributed by atoms with van der Waals surface area (Å²) in [6, 6.07) is -0.353. The van der Waals surface area contributed by atoms with Crippen molar-refractivity contribution in [2.75, 3.05) is 53.2 Å². The highest BCUT2D eigenvalue weighted by Crippen LogP contribution is 2.16. The number of carbonyl (C=O) groups excluding carboxylic acids is 1. The Morgan fingerprint density at radius 1 is 1.47 bits per heavy atom. The number of amides is 1. The molecule has 2 saturated heterocycles. The van der Waals surface area contributed by atoms with Gasteiger partial charge in [0.2, 0.25) is 5.91 Å². The maximum absolute atomic E-state index is 11.4. The summed E-state index contributed by atoms with van der Waals surface area (Å²) in [5.74, 6) is -0.234. The summed E-state index contributed by atoms with van der Waals surface area (Å²) in [6.45, 7) is 4.15. The van der Waals surface area contributed by atoms with Crippen molar-refractivity contribution < 1.29 is 24.1 Å². The topological polar surface area (TPSA) is 80.3 Å². The molecule has 0 aliphatic carbocycles. The molecule has 0 aromatic carbocycles. The van der Waals surface area contributed by atoms with Gasteiger partial charge in [0.15, 0.2) is 0 Å². The Morgan fingerprint density at radius 2 is 2.21 bits per heavy atom. The van der Waals surface area contributed by atoms with Crippen molar-refractivity contribution in [3.05, 3.63) is 0 Å². The molecule has 3 unspecified atom stereocenters. The first-order valence-electron chi connectivity index (χ1n) is 6.59. The molecule has 0 radical (unpaired) electrons. The van der Waals surface area contributed by atoms with E-state index in [1.54, 1.807) is 0 Å². The van der Waals surface area contributed by atoms with Gasteiger partial charge >= 0.3 is 0 Å². The Balaban J connectivity index is 1.76. The minimum Gasteiger partial charge on any atom is -0.388 e. The first-order chi connectivity index (χ1) is 9.20. The maximum atomic E-state index is 11.4. The van der Waals surface area contributed by atoms with Crippen LogP contribution in [0.15, 0.2) is 0 Å². The molecule has 2 N–H and O–H groups in total. The van der Waals surface area contributed by atoms with Gasteiger partial charge in [-0.05, 0) is 0 Å². The molecule has 7 heteroatoms.